The first-order valence-corrected chi connectivity index (χ1v) is 17.1. The molecule has 2 aliphatic carbocycles. The first kappa shape index (κ1) is 31.9. The zero-order valence-corrected chi connectivity index (χ0v) is 28.6. The van der Waals surface area contributed by atoms with Crippen molar-refractivity contribution in [2.24, 2.45) is 14.1 Å². The van der Waals surface area contributed by atoms with Gasteiger partial charge >= 0.3 is 5.97 Å². The van der Waals surface area contributed by atoms with E-state index in [0.29, 0.717) is 33.5 Å². The summed E-state index contributed by atoms with van der Waals surface area (Å²) in [5.41, 5.74) is 5.76. The number of nitrogens with zero attached hydrogens (tertiary/aromatic N) is 5. The van der Waals surface area contributed by atoms with Gasteiger partial charge in [-0.25, -0.2) is 19.7 Å². The highest BCUT2D eigenvalue weighted by atomic mass is 35.5. The minimum absolute atomic E-state index is 0.0633. The van der Waals surface area contributed by atoms with Gasteiger partial charge in [0, 0.05) is 60.0 Å². The third-order valence-electron chi connectivity index (χ3n) is 10.2. The summed E-state index contributed by atoms with van der Waals surface area (Å²) in [5.74, 6) is 0.503. The maximum atomic E-state index is 14.0. The largest absolute Gasteiger partial charge is 0.475 e. The fourth-order valence-corrected chi connectivity index (χ4v) is 7.80. The van der Waals surface area contributed by atoms with Crippen molar-refractivity contribution in [2.45, 2.75) is 77.2 Å². The highest BCUT2D eigenvalue weighted by molar-refractivity contribution is 6.30. The van der Waals surface area contributed by atoms with Gasteiger partial charge < -0.3 is 24.0 Å². The van der Waals surface area contributed by atoms with E-state index >= 15 is 0 Å². The van der Waals surface area contributed by atoms with Crippen LogP contribution in [0, 0.1) is 6.92 Å². The fourth-order valence-electron chi connectivity index (χ4n) is 7.70. The molecule has 2 fully saturated rings. The monoisotopic (exact) mass is 666 g/mol. The number of aromatic nitrogens is 5. The number of carboxylic acid groups (broad SMARTS) is 1. The molecule has 0 bridgehead atoms. The molecule has 11 heteroatoms. The van der Waals surface area contributed by atoms with Crippen LogP contribution in [0.1, 0.15) is 103 Å². The second kappa shape index (κ2) is 12.1. The Morgan fingerprint density at radius 1 is 0.979 bits per heavy atom. The maximum Gasteiger partial charge on any atom is 0.372 e. The smallest absolute Gasteiger partial charge is 0.372 e. The average molecular weight is 667 g/mol. The Balaban J connectivity index is 0.00000179. The van der Waals surface area contributed by atoms with Gasteiger partial charge in [0.15, 0.2) is 5.82 Å². The molecule has 0 aliphatic heterocycles. The van der Waals surface area contributed by atoms with Crippen molar-refractivity contribution in [2.75, 3.05) is 0 Å². The van der Waals surface area contributed by atoms with E-state index in [9.17, 15) is 14.7 Å². The fraction of sp³-hybridized carbons (Fsp3) is 0.378. The Bertz CT molecular complexity index is 2220. The second-order valence-corrected chi connectivity index (χ2v) is 13.3. The molecule has 0 atom stereocenters. The predicted molar refractivity (Wildman–Crippen MR) is 187 cm³/mol. The van der Waals surface area contributed by atoms with Crippen LogP contribution < -0.4 is 5.32 Å². The molecule has 48 heavy (non-hydrogen) atoms. The van der Waals surface area contributed by atoms with Crippen molar-refractivity contribution in [3.05, 3.63) is 76.0 Å². The summed E-state index contributed by atoms with van der Waals surface area (Å²) in [5, 5.41) is 15.2. The van der Waals surface area contributed by atoms with Crippen molar-refractivity contribution >= 4 is 56.4 Å². The number of carbonyl (C=O) groups excluding carboxylic acids is 1. The topological polar surface area (TPSA) is 128 Å². The molecule has 2 N–H and O–H groups in total. The van der Waals surface area contributed by atoms with Crippen LogP contribution in [0.2, 0.25) is 5.02 Å². The normalized spacial score (nSPS) is 15.9. The Labute approximate surface area is 283 Å². The van der Waals surface area contributed by atoms with Gasteiger partial charge in [-0.2, -0.15) is 0 Å². The number of hydrogen-bond donors (Lipinski definition) is 2. The standard InChI is InChI=1S/C35H33ClN6O4.C2H6/c1-18-23-14-24-26(15-27(23)46-30(18)33(44)45)42(3)34(39-24)35(11-6-12-35)40-32(43)20-9-10-22-25(13-20)41(2)29(28(22)19-7-4-5-8-19)31-37-16-21(36)17-38-31;1-2/h9-10,13-17,19H,4-8,11-12H2,1-3H3,(H,40,43)(H,44,45);1-2H3. The Hall–Kier alpha value is -4.70. The van der Waals surface area contributed by atoms with Crippen LogP contribution in [-0.2, 0) is 19.6 Å². The van der Waals surface area contributed by atoms with Gasteiger partial charge in [0.25, 0.3) is 5.91 Å². The number of carbonyl (C=O) groups is 2. The highest BCUT2D eigenvalue weighted by Crippen LogP contribution is 2.45. The molecule has 0 saturated heterocycles. The minimum atomic E-state index is -1.10. The van der Waals surface area contributed by atoms with Gasteiger partial charge in [0.2, 0.25) is 5.76 Å². The van der Waals surface area contributed by atoms with Crippen LogP contribution in [0.3, 0.4) is 0 Å². The summed E-state index contributed by atoms with van der Waals surface area (Å²) in [6, 6.07) is 9.67. The van der Waals surface area contributed by atoms with Crippen molar-refractivity contribution < 1.29 is 19.1 Å². The van der Waals surface area contributed by atoms with Crippen LogP contribution in [0.5, 0.6) is 0 Å². The zero-order chi connectivity index (χ0) is 33.9. The van der Waals surface area contributed by atoms with Crippen LogP contribution in [0.25, 0.3) is 44.4 Å². The van der Waals surface area contributed by atoms with E-state index in [2.05, 4.69) is 25.9 Å². The van der Waals surface area contributed by atoms with E-state index in [4.69, 9.17) is 21.0 Å². The number of amides is 1. The third-order valence-corrected chi connectivity index (χ3v) is 10.4. The van der Waals surface area contributed by atoms with Crippen LogP contribution in [-0.4, -0.2) is 41.1 Å². The zero-order valence-electron chi connectivity index (χ0n) is 27.9. The van der Waals surface area contributed by atoms with Crippen molar-refractivity contribution in [3.8, 4) is 11.5 Å². The first-order chi connectivity index (χ1) is 23.1. The van der Waals surface area contributed by atoms with Crippen molar-refractivity contribution in [1.82, 2.24) is 29.4 Å². The molecular weight excluding hydrogens is 628 g/mol. The number of fused-ring (bicyclic) bond motifs is 3. The predicted octanol–water partition coefficient (Wildman–Crippen LogP) is 8.42. The molecule has 1 amide bonds. The number of hydrogen-bond acceptors (Lipinski definition) is 6. The molecular formula is C37H39ClN6O4. The average Bonchev–Trinajstić information content (AvgIpc) is 3.85. The molecule has 10 nitrogen and oxygen atoms in total. The Morgan fingerprint density at radius 2 is 1.69 bits per heavy atom. The van der Waals surface area contributed by atoms with Crippen LogP contribution in [0.4, 0.5) is 0 Å². The molecule has 248 valence electrons. The lowest BCUT2D eigenvalue weighted by Gasteiger charge is -2.41. The highest BCUT2D eigenvalue weighted by Gasteiger charge is 2.44. The number of aromatic carboxylic acids is 1. The lowest BCUT2D eigenvalue weighted by Crippen LogP contribution is -2.52. The lowest BCUT2D eigenvalue weighted by atomic mass is 9.75. The molecule has 0 unspecified atom stereocenters. The van der Waals surface area contributed by atoms with Gasteiger partial charge in [0.1, 0.15) is 11.4 Å². The van der Waals surface area contributed by atoms with Gasteiger partial charge in [0.05, 0.1) is 27.3 Å². The molecule has 8 rings (SSSR count). The Morgan fingerprint density at radius 3 is 2.33 bits per heavy atom. The van der Waals surface area contributed by atoms with E-state index in [1.54, 1.807) is 19.3 Å². The lowest BCUT2D eigenvalue weighted by molar-refractivity contribution is 0.0663. The minimum Gasteiger partial charge on any atom is -0.475 e. The molecule has 4 heterocycles. The molecule has 0 radical (unpaired) electrons. The summed E-state index contributed by atoms with van der Waals surface area (Å²) in [6.07, 6.45) is 10.4. The summed E-state index contributed by atoms with van der Waals surface area (Å²) in [6.45, 7) is 5.74. The number of nitrogens with one attached hydrogen (secondary N) is 1. The van der Waals surface area contributed by atoms with Gasteiger partial charge in [-0.1, -0.05) is 44.4 Å². The molecule has 0 spiro atoms. The van der Waals surface area contributed by atoms with Crippen molar-refractivity contribution in [3.63, 3.8) is 0 Å². The van der Waals surface area contributed by atoms with Gasteiger partial charge in [-0.05, 0) is 68.7 Å². The Kier molecular flexibility index (Phi) is 8.02. The van der Waals surface area contributed by atoms with Crippen molar-refractivity contribution in [1.29, 1.82) is 0 Å². The second-order valence-electron chi connectivity index (χ2n) is 12.8. The quantitative estimate of drug-likeness (QED) is 0.183. The van der Waals surface area contributed by atoms with Gasteiger partial charge in [-0.15, -0.1) is 0 Å². The van der Waals surface area contributed by atoms with E-state index in [1.807, 2.05) is 56.8 Å². The number of furan rings is 1. The number of aryl methyl sites for hydroxylation is 3. The number of benzene rings is 2. The number of carboxylic acids is 1. The third kappa shape index (κ3) is 4.96. The van der Waals surface area contributed by atoms with E-state index in [-0.39, 0.29) is 11.7 Å². The summed E-state index contributed by atoms with van der Waals surface area (Å²) >= 11 is 6.12. The van der Waals surface area contributed by atoms with E-state index < -0.39 is 11.5 Å². The molecule has 6 aromatic rings. The molecule has 4 aromatic heterocycles. The summed E-state index contributed by atoms with van der Waals surface area (Å²) in [7, 11) is 3.94. The van der Waals surface area contributed by atoms with E-state index in [1.165, 1.54) is 18.4 Å². The molecule has 2 saturated carbocycles. The molecule has 2 aliphatic rings. The van der Waals surface area contributed by atoms with E-state index in [0.717, 1.165) is 70.9 Å². The first-order valence-electron chi connectivity index (χ1n) is 16.7. The SMILES string of the molecule is CC.Cc1c(C(=O)O)oc2cc3c(cc12)nc(C1(NC(=O)c2ccc4c(C5CCCC5)c(-c5ncc(Cl)cn5)n(C)c4c2)CCC1)n3C. The number of halogens is 1. The van der Waals surface area contributed by atoms with Gasteiger partial charge in [-0.3, -0.25) is 4.79 Å². The molecule has 2 aromatic carbocycles. The van der Waals surface area contributed by atoms with Crippen LogP contribution in [0.15, 0.2) is 47.1 Å². The summed E-state index contributed by atoms with van der Waals surface area (Å²) < 4.78 is 9.77. The van der Waals surface area contributed by atoms with Crippen LogP contribution >= 0.6 is 11.6 Å². The number of rotatable bonds is 6. The number of imidazole rings is 1. The summed E-state index contributed by atoms with van der Waals surface area (Å²) in [4.78, 5) is 39.7. The maximum absolute atomic E-state index is 14.0.